The van der Waals surface area contributed by atoms with E-state index in [1.54, 1.807) is 15.9 Å². The summed E-state index contributed by atoms with van der Waals surface area (Å²) in [5, 5.41) is 9.01. The third-order valence-corrected chi connectivity index (χ3v) is 4.43. The number of hydrogen-bond acceptors (Lipinski definition) is 6. The summed E-state index contributed by atoms with van der Waals surface area (Å²) in [6.45, 7) is 5.99. The molecule has 6 nitrogen and oxygen atoms in total. The first-order valence-electron chi connectivity index (χ1n) is 6.11. The van der Waals surface area contributed by atoms with Crippen molar-refractivity contribution in [3.8, 4) is 0 Å². The van der Waals surface area contributed by atoms with Crippen molar-refractivity contribution in [3.05, 3.63) is 33.1 Å². The monoisotopic (exact) mass is 308 g/mol. The highest BCUT2D eigenvalue weighted by Crippen LogP contribution is 2.27. The highest BCUT2D eigenvalue weighted by Gasteiger charge is 2.16. The number of fused-ring (bicyclic) bond motifs is 1. The van der Waals surface area contributed by atoms with Crippen molar-refractivity contribution in [2.24, 2.45) is 0 Å². The van der Waals surface area contributed by atoms with Crippen LogP contribution in [0.1, 0.15) is 28.4 Å². The number of halogens is 1. The second-order valence-corrected chi connectivity index (χ2v) is 6.15. The zero-order valence-corrected chi connectivity index (χ0v) is 12.8. The number of rotatable bonds is 3. The summed E-state index contributed by atoms with van der Waals surface area (Å²) in [5.74, 6) is 1.27. The Kier molecular flexibility index (Phi) is 3.31. The molecule has 1 unspecified atom stereocenters. The third-order valence-electron chi connectivity index (χ3n) is 2.97. The quantitative estimate of drug-likeness (QED) is 0.753. The zero-order chi connectivity index (χ0) is 14.3. The van der Waals surface area contributed by atoms with Crippen LogP contribution in [0.15, 0.2) is 12.5 Å². The van der Waals surface area contributed by atoms with Gasteiger partial charge in [-0.1, -0.05) is 11.6 Å². The predicted molar refractivity (Wildman–Crippen MR) is 79.4 cm³/mol. The third kappa shape index (κ3) is 2.23. The molecule has 3 aromatic heterocycles. The molecular weight excluding hydrogens is 296 g/mol. The molecule has 0 saturated heterocycles. The number of anilines is 1. The molecule has 3 aromatic rings. The Hall–Kier alpha value is -1.73. The Balaban J connectivity index is 2.01. The lowest BCUT2D eigenvalue weighted by atomic mass is 10.3. The van der Waals surface area contributed by atoms with Gasteiger partial charge in [0.15, 0.2) is 0 Å². The average Bonchev–Trinajstić information content (AvgIpc) is 3.03. The lowest BCUT2D eigenvalue weighted by molar-refractivity contribution is 0.826. The van der Waals surface area contributed by atoms with Gasteiger partial charge in [-0.2, -0.15) is 19.6 Å². The van der Waals surface area contributed by atoms with Gasteiger partial charge in [0, 0.05) is 16.6 Å². The summed E-state index contributed by atoms with van der Waals surface area (Å²) in [6.07, 6.45) is 3.33. The molecule has 1 N–H and O–H groups in total. The van der Waals surface area contributed by atoms with Gasteiger partial charge in [0.2, 0.25) is 0 Å². The molecule has 3 heterocycles. The minimum atomic E-state index is 0.0540. The SMILES string of the molecule is Cc1cnc(C(C)Nc2c(C)c(Cl)nc3ncnn23)s1. The van der Waals surface area contributed by atoms with Gasteiger partial charge < -0.3 is 5.32 Å². The molecule has 20 heavy (non-hydrogen) atoms. The Morgan fingerprint density at radius 2 is 2.15 bits per heavy atom. The Morgan fingerprint density at radius 1 is 1.35 bits per heavy atom. The lowest BCUT2D eigenvalue weighted by Crippen LogP contribution is -2.12. The smallest absolute Gasteiger partial charge is 0.255 e. The number of thiazole rings is 1. The van der Waals surface area contributed by atoms with E-state index in [0.717, 1.165) is 16.4 Å². The molecule has 0 aliphatic heterocycles. The van der Waals surface area contributed by atoms with E-state index in [9.17, 15) is 0 Å². The first-order valence-corrected chi connectivity index (χ1v) is 7.30. The average molecular weight is 309 g/mol. The fraction of sp³-hybridized carbons (Fsp3) is 0.333. The predicted octanol–water partition coefficient (Wildman–Crippen LogP) is 3.02. The molecule has 0 aliphatic carbocycles. The summed E-state index contributed by atoms with van der Waals surface area (Å²) < 4.78 is 1.65. The maximum absolute atomic E-state index is 6.14. The number of nitrogens with one attached hydrogen (secondary N) is 1. The summed E-state index contributed by atoms with van der Waals surface area (Å²) in [5.41, 5.74) is 0.838. The first kappa shape index (κ1) is 13.3. The van der Waals surface area contributed by atoms with Crippen LogP contribution in [0, 0.1) is 13.8 Å². The molecule has 104 valence electrons. The second-order valence-electron chi connectivity index (χ2n) is 4.52. The van der Waals surface area contributed by atoms with E-state index in [1.165, 1.54) is 11.2 Å². The molecule has 3 rings (SSSR count). The van der Waals surface area contributed by atoms with Gasteiger partial charge in [-0.25, -0.2) is 4.98 Å². The van der Waals surface area contributed by atoms with E-state index >= 15 is 0 Å². The van der Waals surface area contributed by atoms with Crippen LogP contribution in [0.3, 0.4) is 0 Å². The summed E-state index contributed by atoms with van der Waals surface area (Å²) in [6, 6.07) is 0.0540. The van der Waals surface area contributed by atoms with Crippen LogP contribution in [-0.2, 0) is 0 Å². The summed E-state index contributed by atoms with van der Waals surface area (Å²) in [4.78, 5) is 13.8. The van der Waals surface area contributed by atoms with E-state index in [-0.39, 0.29) is 6.04 Å². The molecule has 0 fully saturated rings. The van der Waals surface area contributed by atoms with E-state index in [1.807, 2.05) is 20.0 Å². The van der Waals surface area contributed by atoms with E-state index in [2.05, 4.69) is 32.3 Å². The first-order chi connectivity index (χ1) is 9.56. The number of nitrogens with zero attached hydrogens (tertiary/aromatic N) is 5. The molecule has 0 radical (unpaired) electrons. The van der Waals surface area contributed by atoms with Crippen LogP contribution < -0.4 is 5.32 Å². The molecule has 0 spiro atoms. The standard InChI is InChI=1S/C12H13ClN6S/c1-6-4-14-11(20-6)8(3)17-10-7(2)9(13)18-12-15-5-16-19(10)12/h4-5,8,17H,1-3H3. The van der Waals surface area contributed by atoms with Crippen molar-refractivity contribution in [1.29, 1.82) is 0 Å². The van der Waals surface area contributed by atoms with Crippen molar-refractivity contribution in [2.75, 3.05) is 5.32 Å². The molecule has 0 bridgehead atoms. The minimum Gasteiger partial charge on any atom is -0.361 e. The van der Waals surface area contributed by atoms with Gasteiger partial charge in [-0.3, -0.25) is 0 Å². The topological polar surface area (TPSA) is 68.0 Å². The zero-order valence-electron chi connectivity index (χ0n) is 11.3. The van der Waals surface area contributed by atoms with Crippen LogP contribution in [0.5, 0.6) is 0 Å². The van der Waals surface area contributed by atoms with Gasteiger partial charge in [0.25, 0.3) is 5.78 Å². The Morgan fingerprint density at radius 3 is 2.85 bits per heavy atom. The number of aromatic nitrogens is 5. The van der Waals surface area contributed by atoms with Crippen LogP contribution in [0.4, 0.5) is 5.82 Å². The Labute approximate surface area is 124 Å². The maximum Gasteiger partial charge on any atom is 0.255 e. The highest BCUT2D eigenvalue weighted by molar-refractivity contribution is 7.11. The van der Waals surface area contributed by atoms with Crippen LogP contribution >= 0.6 is 22.9 Å². The van der Waals surface area contributed by atoms with Gasteiger partial charge >= 0.3 is 0 Å². The molecule has 0 saturated carbocycles. The molecule has 0 amide bonds. The minimum absolute atomic E-state index is 0.0540. The summed E-state index contributed by atoms with van der Waals surface area (Å²) in [7, 11) is 0. The van der Waals surface area contributed by atoms with Crippen molar-refractivity contribution in [2.45, 2.75) is 26.8 Å². The Bertz CT molecular complexity index is 764. The molecule has 0 aromatic carbocycles. The van der Waals surface area contributed by atoms with Crippen molar-refractivity contribution in [1.82, 2.24) is 24.6 Å². The maximum atomic E-state index is 6.14. The van der Waals surface area contributed by atoms with Crippen LogP contribution in [0.25, 0.3) is 5.78 Å². The normalized spacial score (nSPS) is 12.8. The van der Waals surface area contributed by atoms with Crippen molar-refractivity contribution < 1.29 is 0 Å². The highest BCUT2D eigenvalue weighted by atomic mass is 35.5. The van der Waals surface area contributed by atoms with E-state index in [0.29, 0.717) is 10.9 Å². The van der Waals surface area contributed by atoms with Gasteiger partial charge in [-0.05, 0) is 20.8 Å². The van der Waals surface area contributed by atoms with Gasteiger partial charge in [0.05, 0.1) is 6.04 Å². The van der Waals surface area contributed by atoms with Crippen molar-refractivity contribution in [3.63, 3.8) is 0 Å². The number of aryl methyl sites for hydroxylation is 1. The van der Waals surface area contributed by atoms with Crippen LogP contribution in [0.2, 0.25) is 5.15 Å². The fourth-order valence-electron chi connectivity index (χ4n) is 1.91. The second kappa shape index (κ2) is 4.99. The molecule has 0 aliphatic rings. The molecular formula is C12H13ClN6S. The van der Waals surface area contributed by atoms with Gasteiger partial charge in [-0.15, -0.1) is 11.3 Å². The molecule has 1 atom stereocenters. The van der Waals surface area contributed by atoms with E-state index < -0.39 is 0 Å². The number of hydrogen-bond donors (Lipinski definition) is 1. The summed E-state index contributed by atoms with van der Waals surface area (Å²) >= 11 is 7.80. The fourth-order valence-corrected chi connectivity index (χ4v) is 2.85. The van der Waals surface area contributed by atoms with Gasteiger partial charge in [0.1, 0.15) is 22.3 Å². The largest absolute Gasteiger partial charge is 0.361 e. The van der Waals surface area contributed by atoms with E-state index in [4.69, 9.17) is 11.6 Å². The van der Waals surface area contributed by atoms with Crippen LogP contribution in [-0.4, -0.2) is 24.6 Å². The lowest BCUT2D eigenvalue weighted by Gasteiger charge is -2.16. The molecule has 8 heteroatoms. The van der Waals surface area contributed by atoms with Crippen molar-refractivity contribution >= 4 is 34.5 Å².